The zero-order valence-corrected chi connectivity index (χ0v) is 20.5. The third-order valence-electron chi connectivity index (χ3n) is 4.50. The molecule has 7 heteroatoms. The fourth-order valence-electron chi connectivity index (χ4n) is 3.19. The Balaban J connectivity index is 3.25. The lowest BCUT2D eigenvalue weighted by molar-refractivity contribution is -0.141. The van der Waals surface area contributed by atoms with E-state index in [-0.39, 0.29) is 23.8 Å². The summed E-state index contributed by atoms with van der Waals surface area (Å²) in [7, 11) is 1.56. The molecule has 0 aliphatic rings. The maximum atomic E-state index is 13.5. The van der Waals surface area contributed by atoms with Gasteiger partial charge in [-0.2, -0.15) is 0 Å². The summed E-state index contributed by atoms with van der Waals surface area (Å²) in [5.41, 5.74) is 0.605. The molecule has 0 heterocycles. The van der Waals surface area contributed by atoms with E-state index in [4.69, 9.17) is 11.2 Å². The first-order valence-electron chi connectivity index (χ1n) is 10.9. The van der Waals surface area contributed by atoms with Crippen molar-refractivity contribution in [2.24, 2.45) is 5.92 Å². The second-order valence-corrected chi connectivity index (χ2v) is 9.61. The van der Waals surface area contributed by atoms with Crippen molar-refractivity contribution in [3.8, 4) is 12.3 Å². The van der Waals surface area contributed by atoms with Gasteiger partial charge in [-0.05, 0) is 64.7 Å². The van der Waals surface area contributed by atoms with Gasteiger partial charge in [0, 0.05) is 18.7 Å². The Morgan fingerprint density at radius 1 is 1.06 bits per heavy atom. The fraction of sp³-hybridized carbons (Fsp3) is 0.560. The van der Waals surface area contributed by atoms with Gasteiger partial charge in [0.1, 0.15) is 17.7 Å². The summed E-state index contributed by atoms with van der Waals surface area (Å²) in [4.78, 5) is 40.2. The number of likely N-dealkylation sites (N-methyl/N-ethyl adjacent to an activating group) is 1. The van der Waals surface area contributed by atoms with Crippen LogP contribution in [0.5, 0.6) is 0 Å². The third-order valence-corrected chi connectivity index (χ3v) is 4.50. The fourth-order valence-corrected chi connectivity index (χ4v) is 3.19. The summed E-state index contributed by atoms with van der Waals surface area (Å²) >= 11 is 0. The van der Waals surface area contributed by atoms with Gasteiger partial charge in [0.25, 0.3) is 0 Å². The summed E-state index contributed by atoms with van der Waals surface area (Å²) < 4.78 is 5.33. The maximum absolute atomic E-state index is 13.5. The summed E-state index contributed by atoms with van der Waals surface area (Å²) in [5, 5.41) is 5.55. The first kappa shape index (κ1) is 27.0. The molecule has 0 bridgehead atoms. The Hall–Kier alpha value is -3.01. The lowest BCUT2D eigenvalue weighted by atomic mass is 9.99. The van der Waals surface area contributed by atoms with Gasteiger partial charge in [-0.25, -0.2) is 4.79 Å². The van der Waals surface area contributed by atoms with Gasteiger partial charge in [0.15, 0.2) is 0 Å². The highest BCUT2D eigenvalue weighted by atomic mass is 16.6. The van der Waals surface area contributed by atoms with Crippen molar-refractivity contribution < 1.29 is 19.1 Å². The summed E-state index contributed by atoms with van der Waals surface area (Å²) in [6, 6.07) is 5.11. The molecule has 0 aliphatic heterocycles. The number of carbonyl (C=O) groups excluding carboxylic acids is 3. The Labute approximate surface area is 192 Å². The number of ether oxygens (including phenoxy) is 1. The van der Waals surface area contributed by atoms with E-state index in [1.165, 1.54) is 4.90 Å². The molecular formula is C25H37N3O4. The van der Waals surface area contributed by atoms with Crippen LogP contribution < -0.4 is 10.6 Å². The molecule has 0 saturated heterocycles. The van der Waals surface area contributed by atoms with Gasteiger partial charge in [0.05, 0.1) is 0 Å². The lowest BCUT2D eigenvalue weighted by Gasteiger charge is -2.32. The largest absolute Gasteiger partial charge is 0.444 e. The maximum Gasteiger partial charge on any atom is 0.408 e. The number of benzene rings is 1. The highest BCUT2D eigenvalue weighted by Gasteiger charge is 2.34. The van der Waals surface area contributed by atoms with Crippen molar-refractivity contribution >= 4 is 17.9 Å². The van der Waals surface area contributed by atoms with Crippen LogP contribution in [0.15, 0.2) is 24.3 Å². The molecule has 0 saturated carbocycles. The van der Waals surface area contributed by atoms with Crippen molar-refractivity contribution in [2.75, 3.05) is 7.05 Å². The predicted octanol–water partition coefficient (Wildman–Crippen LogP) is 3.63. The van der Waals surface area contributed by atoms with Crippen LogP contribution in [0.25, 0.3) is 0 Å². The van der Waals surface area contributed by atoms with Gasteiger partial charge in [-0.1, -0.05) is 31.9 Å². The average molecular weight is 444 g/mol. The molecule has 3 amide bonds. The monoisotopic (exact) mass is 443 g/mol. The topological polar surface area (TPSA) is 87.7 Å². The Morgan fingerprint density at radius 3 is 2.06 bits per heavy atom. The highest BCUT2D eigenvalue weighted by Crippen LogP contribution is 2.23. The standard InChI is InChI=1S/C25H37N3O4/c1-10-18-11-13-19(14-12-18)21(22(29)26-17(4)5)28(9)23(30)20(15-16(2)3)27-24(31)32-25(6,7)8/h1,11-14,16-17,20-21H,15H2,2-9H3,(H,26,29)(H,27,31). The van der Waals surface area contributed by atoms with Crippen molar-refractivity contribution in [2.45, 2.75) is 78.6 Å². The van der Waals surface area contributed by atoms with Crippen LogP contribution in [0.1, 0.15) is 72.1 Å². The molecule has 1 aromatic rings. The molecule has 0 aliphatic carbocycles. The van der Waals surface area contributed by atoms with E-state index in [2.05, 4.69) is 16.6 Å². The molecule has 0 radical (unpaired) electrons. The van der Waals surface area contributed by atoms with Crippen molar-refractivity contribution in [1.29, 1.82) is 0 Å². The third kappa shape index (κ3) is 8.62. The van der Waals surface area contributed by atoms with Crippen LogP contribution in [0.2, 0.25) is 0 Å². The number of hydrogen-bond acceptors (Lipinski definition) is 4. The average Bonchev–Trinajstić information content (AvgIpc) is 2.65. The van der Waals surface area contributed by atoms with E-state index in [0.29, 0.717) is 17.5 Å². The second kappa shape index (κ2) is 11.6. The van der Waals surface area contributed by atoms with E-state index in [9.17, 15) is 14.4 Å². The number of amides is 3. The number of hydrogen-bond donors (Lipinski definition) is 2. The molecule has 2 N–H and O–H groups in total. The number of alkyl carbamates (subject to hydrolysis) is 1. The first-order valence-corrected chi connectivity index (χ1v) is 10.9. The molecule has 32 heavy (non-hydrogen) atoms. The highest BCUT2D eigenvalue weighted by molar-refractivity contribution is 5.92. The number of nitrogens with zero attached hydrogens (tertiary/aromatic N) is 1. The number of rotatable bonds is 8. The van der Waals surface area contributed by atoms with E-state index in [0.717, 1.165) is 0 Å². The van der Waals surface area contributed by atoms with Crippen LogP contribution in [0.3, 0.4) is 0 Å². The molecule has 0 fully saturated rings. The smallest absolute Gasteiger partial charge is 0.408 e. The molecule has 2 unspecified atom stereocenters. The van der Waals surface area contributed by atoms with Gasteiger partial charge in [-0.3, -0.25) is 9.59 Å². The second-order valence-electron chi connectivity index (χ2n) is 9.61. The Kier molecular flexibility index (Phi) is 9.77. The van der Waals surface area contributed by atoms with Gasteiger partial charge < -0.3 is 20.3 Å². The molecule has 7 nitrogen and oxygen atoms in total. The SMILES string of the molecule is C#Cc1ccc(C(C(=O)NC(C)C)N(C)C(=O)C(CC(C)C)NC(=O)OC(C)(C)C)cc1. The summed E-state index contributed by atoms with van der Waals surface area (Å²) in [6.07, 6.45) is 5.17. The summed E-state index contributed by atoms with van der Waals surface area (Å²) in [6.45, 7) is 12.9. The van der Waals surface area contributed by atoms with Crippen molar-refractivity contribution in [3.05, 3.63) is 35.4 Å². The van der Waals surface area contributed by atoms with Crippen LogP contribution in [0.4, 0.5) is 4.79 Å². The number of nitrogens with one attached hydrogen (secondary N) is 2. The predicted molar refractivity (Wildman–Crippen MR) is 126 cm³/mol. The molecule has 0 aromatic heterocycles. The van der Waals surface area contributed by atoms with Crippen molar-refractivity contribution in [1.82, 2.24) is 15.5 Å². The lowest BCUT2D eigenvalue weighted by Crippen LogP contribution is -2.52. The van der Waals surface area contributed by atoms with E-state index < -0.39 is 23.8 Å². The van der Waals surface area contributed by atoms with E-state index in [1.54, 1.807) is 52.1 Å². The zero-order chi connectivity index (χ0) is 24.6. The molecule has 0 spiro atoms. The van der Waals surface area contributed by atoms with Crippen molar-refractivity contribution in [3.63, 3.8) is 0 Å². The molecule has 2 atom stereocenters. The van der Waals surface area contributed by atoms with Gasteiger partial charge in [0.2, 0.25) is 11.8 Å². The normalized spacial score (nSPS) is 13.2. The van der Waals surface area contributed by atoms with Crippen LogP contribution in [0, 0.1) is 18.3 Å². The number of carbonyl (C=O) groups is 3. The molecule has 1 aromatic carbocycles. The summed E-state index contributed by atoms with van der Waals surface area (Å²) in [5.74, 6) is 1.98. The Bertz CT molecular complexity index is 832. The minimum Gasteiger partial charge on any atom is -0.444 e. The van der Waals surface area contributed by atoms with Gasteiger partial charge in [-0.15, -0.1) is 6.42 Å². The van der Waals surface area contributed by atoms with Crippen LogP contribution in [-0.2, 0) is 14.3 Å². The molecular weight excluding hydrogens is 406 g/mol. The minimum absolute atomic E-state index is 0.107. The van der Waals surface area contributed by atoms with Gasteiger partial charge >= 0.3 is 6.09 Å². The van der Waals surface area contributed by atoms with Crippen LogP contribution >= 0.6 is 0 Å². The number of terminal acetylenes is 1. The molecule has 1 rings (SSSR count). The zero-order valence-electron chi connectivity index (χ0n) is 20.5. The Morgan fingerprint density at radius 2 is 1.62 bits per heavy atom. The van der Waals surface area contributed by atoms with Crippen LogP contribution in [-0.4, -0.2) is 47.5 Å². The quantitative estimate of drug-likeness (QED) is 0.601. The van der Waals surface area contributed by atoms with E-state index >= 15 is 0 Å². The first-order chi connectivity index (χ1) is 14.7. The molecule has 176 valence electrons. The minimum atomic E-state index is -0.883. The van der Waals surface area contributed by atoms with E-state index in [1.807, 2.05) is 27.7 Å².